The van der Waals surface area contributed by atoms with Crippen LogP contribution in [0, 0.1) is 0 Å². The minimum Gasteiger partial charge on any atom is -0.334 e. The zero-order valence-electron chi connectivity index (χ0n) is 15.1. The highest BCUT2D eigenvalue weighted by Crippen LogP contribution is 2.29. The van der Waals surface area contributed by atoms with Crippen molar-refractivity contribution in [1.29, 1.82) is 0 Å². The molecule has 0 radical (unpaired) electrons. The summed E-state index contributed by atoms with van der Waals surface area (Å²) in [6.45, 7) is 0.00778. The quantitative estimate of drug-likeness (QED) is 0.788. The maximum absolute atomic E-state index is 13.2. The Hall–Kier alpha value is -2.22. The van der Waals surface area contributed by atoms with E-state index in [2.05, 4.69) is 5.10 Å². The standard InChI is InChI=1S/C19H23N3O4S/c23-18-11-20-21(17-8-4-3-7-16(17)18)12-19(24)22(14-5-1-2-6-14)15-9-10-27(25,26)13-15/h3-4,7-8,11,14-15H,1-2,5-6,9-10,12-13H2/t15-/m0/s1. The summed E-state index contributed by atoms with van der Waals surface area (Å²) in [5.74, 6) is 0.0753. The molecule has 1 amide bonds. The minimum absolute atomic E-state index is 0.00778. The van der Waals surface area contributed by atoms with Crippen LogP contribution in [0.25, 0.3) is 10.9 Å². The summed E-state index contributed by atoms with van der Waals surface area (Å²) in [5, 5.41) is 4.67. The zero-order chi connectivity index (χ0) is 19.0. The number of sulfone groups is 1. The van der Waals surface area contributed by atoms with Crippen LogP contribution in [0.2, 0.25) is 0 Å². The molecule has 7 nitrogen and oxygen atoms in total. The van der Waals surface area contributed by atoms with Gasteiger partial charge in [-0.15, -0.1) is 0 Å². The fraction of sp³-hybridized carbons (Fsp3) is 0.526. The van der Waals surface area contributed by atoms with Gasteiger partial charge in [-0.2, -0.15) is 5.10 Å². The number of rotatable bonds is 4. The highest BCUT2D eigenvalue weighted by molar-refractivity contribution is 7.91. The summed E-state index contributed by atoms with van der Waals surface area (Å²) in [4.78, 5) is 27.0. The van der Waals surface area contributed by atoms with Crippen molar-refractivity contribution in [3.05, 3.63) is 40.7 Å². The number of benzene rings is 1. The molecule has 2 heterocycles. The maximum atomic E-state index is 13.2. The van der Waals surface area contributed by atoms with E-state index >= 15 is 0 Å². The molecule has 2 aliphatic rings. The Morgan fingerprint density at radius 3 is 2.59 bits per heavy atom. The van der Waals surface area contributed by atoms with Crippen LogP contribution in [-0.2, 0) is 21.2 Å². The number of hydrogen-bond acceptors (Lipinski definition) is 5. The lowest BCUT2D eigenvalue weighted by molar-refractivity contribution is -0.136. The second-order valence-corrected chi connectivity index (χ2v) is 9.71. The van der Waals surface area contributed by atoms with Gasteiger partial charge in [0, 0.05) is 17.5 Å². The molecule has 0 spiro atoms. The molecule has 27 heavy (non-hydrogen) atoms. The van der Waals surface area contributed by atoms with Gasteiger partial charge in [-0.1, -0.05) is 25.0 Å². The molecule has 0 bridgehead atoms. The number of carbonyl (C=O) groups excluding carboxylic acids is 1. The lowest BCUT2D eigenvalue weighted by Crippen LogP contribution is -2.48. The van der Waals surface area contributed by atoms with E-state index in [-0.39, 0.29) is 41.5 Å². The van der Waals surface area contributed by atoms with Crippen molar-refractivity contribution in [2.24, 2.45) is 0 Å². The Balaban J connectivity index is 1.65. The molecule has 1 aliphatic heterocycles. The van der Waals surface area contributed by atoms with Gasteiger partial charge in [-0.05, 0) is 31.4 Å². The molecular formula is C19H23N3O4S. The summed E-state index contributed by atoms with van der Waals surface area (Å²) in [6, 6.07) is 6.93. The lowest BCUT2D eigenvalue weighted by atomic mass is 10.1. The largest absolute Gasteiger partial charge is 0.334 e. The van der Waals surface area contributed by atoms with Crippen molar-refractivity contribution in [2.45, 2.75) is 50.7 Å². The van der Waals surface area contributed by atoms with Crippen LogP contribution in [-0.4, -0.2) is 52.6 Å². The van der Waals surface area contributed by atoms with Gasteiger partial charge in [0.15, 0.2) is 9.84 Å². The molecule has 1 saturated carbocycles. The molecule has 1 aromatic heterocycles. The molecule has 0 unspecified atom stereocenters. The molecule has 1 aliphatic carbocycles. The number of fused-ring (bicyclic) bond motifs is 1. The van der Waals surface area contributed by atoms with Crippen LogP contribution < -0.4 is 5.43 Å². The molecule has 2 aromatic rings. The molecule has 1 aromatic carbocycles. The average Bonchev–Trinajstić information content (AvgIpc) is 3.28. The third-order valence-corrected chi connectivity index (χ3v) is 7.41. The second kappa shape index (κ2) is 7.07. The van der Waals surface area contributed by atoms with E-state index in [0.717, 1.165) is 25.7 Å². The van der Waals surface area contributed by atoms with Gasteiger partial charge in [-0.3, -0.25) is 14.3 Å². The summed E-state index contributed by atoms with van der Waals surface area (Å²) >= 11 is 0. The number of carbonyl (C=O) groups is 1. The minimum atomic E-state index is -3.07. The van der Waals surface area contributed by atoms with E-state index < -0.39 is 9.84 Å². The van der Waals surface area contributed by atoms with Gasteiger partial charge < -0.3 is 4.90 Å². The van der Waals surface area contributed by atoms with Gasteiger partial charge in [0.25, 0.3) is 0 Å². The SMILES string of the molecule is O=C(Cn1ncc(=O)c2ccccc21)N(C1CCCC1)[C@H]1CCS(=O)(=O)C1. The summed E-state index contributed by atoms with van der Waals surface area (Å²) in [6.07, 6.45) is 5.69. The van der Waals surface area contributed by atoms with Crippen molar-refractivity contribution < 1.29 is 13.2 Å². The van der Waals surface area contributed by atoms with Crippen molar-refractivity contribution in [3.63, 3.8) is 0 Å². The Labute approximate surface area is 157 Å². The van der Waals surface area contributed by atoms with Crippen molar-refractivity contribution in [3.8, 4) is 0 Å². The fourth-order valence-corrected chi connectivity index (χ4v) is 6.09. The van der Waals surface area contributed by atoms with Crippen molar-refractivity contribution >= 4 is 26.6 Å². The first-order valence-corrected chi connectivity index (χ1v) is 11.2. The van der Waals surface area contributed by atoms with Gasteiger partial charge in [0.2, 0.25) is 11.3 Å². The number of nitrogens with zero attached hydrogens (tertiary/aromatic N) is 3. The number of aromatic nitrogens is 2. The zero-order valence-corrected chi connectivity index (χ0v) is 15.9. The molecule has 4 rings (SSSR count). The van der Waals surface area contributed by atoms with Crippen molar-refractivity contribution in [1.82, 2.24) is 14.7 Å². The molecule has 1 atom stereocenters. The third-order valence-electron chi connectivity index (χ3n) is 5.65. The van der Waals surface area contributed by atoms with Crippen LogP contribution >= 0.6 is 0 Å². The van der Waals surface area contributed by atoms with E-state index in [9.17, 15) is 18.0 Å². The van der Waals surface area contributed by atoms with E-state index in [0.29, 0.717) is 17.3 Å². The Kier molecular flexibility index (Phi) is 4.75. The predicted octanol–water partition coefficient (Wildman–Crippen LogP) is 1.35. The van der Waals surface area contributed by atoms with Crippen LogP contribution in [0.4, 0.5) is 0 Å². The van der Waals surface area contributed by atoms with Crippen LogP contribution in [0.1, 0.15) is 32.1 Å². The third kappa shape index (κ3) is 3.63. The number of para-hydroxylation sites is 1. The highest BCUT2D eigenvalue weighted by Gasteiger charge is 2.39. The van der Waals surface area contributed by atoms with Gasteiger partial charge >= 0.3 is 0 Å². The number of hydrogen-bond donors (Lipinski definition) is 0. The van der Waals surface area contributed by atoms with Crippen LogP contribution in [0.3, 0.4) is 0 Å². The van der Waals surface area contributed by atoms with Crippen molar-refractivity contribution in [2.75, 3.05) is 11.5 Å². The topological polar surface area (TPSA) is 89.3 Å². The second-order valence-electron chi connectivity index (χ2n) is 7.48. The maximum Gasteiger partial charge on any atom is 0.244 e. The predicted molar refractivity (Wildman–Crippen MR) is 102 cm³/mol. The lowest BCUT2D eigenvalue weighted by Gasteiger charge is -2.34. The first-order valence-electron chi connectivity index (χ1n) is 9.41. The normalized spacial score (nSPS) is 22.3. The summed E-state index contributed by atoms with van der Waals surface area (Å²) in [5.41, 5.74) is 0.438. The molecule has 2 fully saturated rings. The summed E-state index contributed by atoms with van der Waals surface area (Å²) in [7, 11) is -3.07. The van der Waals surface area contributed by atoms with Crippen LogP contribution in [0.5, 0.6) is 0 Å². The van der Waals surface area contributed by atoms with Gasteiger partial charge in [0.05, 0.1) is 23.2 Å². The van der Waals surface area contributed by atoms with Gasteiger partial charge in [0.1, 0.15) is 6.54 Å². The smallest absolute Gasteiger partial charge is 0.244 e. The molecular weight excluding hydrogens is 366 g/mol. The van der Waals surface area contributed by atoms with Crippen LogP contribution in [0.15, 0.2) is 35.3 Å². The molecule has 8 heteroatoms. The molecule has 144 valence electrons. The van der Waals surface area contributed by atoms with E-state index in [4.69, 9.17) is 0 Å². The first-order chi connectivity index (χ1) is 12.9. The first kappa shape index (κ1) is 18.2. The van der Waals surface area contributed by atoms with E-state index in [1.54, 1.807) is 22.9 Å². The number of amides is 1. The molecule has 1 saturated heterocycles. The Morgan fingerprint density at radius 1 is 1.15 bits per heavy atom. The molecule has 0 N–H and O–H groups in total. The van der Waals surface area contributed by atoms with E-state index in [1.165, 1.54) is 6.20 Å². The monoisotopic (exact) mass is 389 g/mol. The Bertz CT molecular complexity index is 1020. The van der Waals surface area contributed by atoms with E-state index in [1.807, 2.05) is 11.0 Å². The van der Waals surface area contributed by atoms with Gasteiger partial charge in [-0.25, -0.2) is 8.42 Å². The highest BCUT2D eigenvalue weighted by atomic mass is 32.2. The summed E-state index contributed by atoms with van der Waals surface area (Å²) < 4.78 is 25.5. The Morgan fingerprint density at radius 2 is 1.89 bits per heavy atom. The average molecular weight is 389 g/mol. The fourth-order valence-electron chi connectivity index (χ4n) is 4.38.